The van der Waals surface area contributed by atoms with Gasteiger partial charge in [-0.05, 0) is 35.9 Å². The van der Waals surface area contributed by atoms with Crippen LogP contribution in [0.15, 0.2) is 47.6 Å². The van der Waals surface area contributed by atoms with Gasteiger partial charge in [-0.2, -0.15) is 23.3 Å². The maximum atomic E-state index is 13.7. The average Bonchev–Trinajstić information content (AvgIpc) is 3.06. The van der Waals surface area contributed by atoms with Gasteiger partial charge in [0.1, 0.15) is 0 Å². The lowest BCUT2D eigenvalue weighted by atomic mass is 10.0. The largest absolute Gasteiger partial charge is 0.493 e. The summed E-state index contributed by atoms with van der Waals surface area (Å²) in [6.07, 6.45) is -6.06. The van der Waals surface area contributed by atoms with Gasteiger partial charge in [-0.3, -0.25) is 4.79 Å². The average molecular weight is 429 g/mol. The number of hydrogen-bond acceptors (Lipinski definition) is 5. The molecule has 0 aliphatic carbocycles. The molecule has 1 amide bonds. The molecule has 0 aromatic heterocycles. The van der Waals surface area contributed by atoms with Crippen molar-refractivity contribution in [1.29, 1.82) is 0 Å². The molecule has 154 valence electrons. The molecule has 1 atom stereocenters. The van der Waals surface area contributed by atoms with Crippen LogP contribution in [0.3, 0.4) is 0 Å². The van der Waals surface area contributed by atoms with Crippen molar-refractivity contribution in [2.24, 2.45) is 5.10 Å². The predicted octanol–water partition coefficient (Wildman–Crippen LogP) is 3.86. The van der Waals surface area contributed by atoms with E-state index in [1.807, 2.05) is 0 Å². The Kier molecular flexibility index (Phi) is 5.46. The van der Waals surface area contributed by atoms with E-state index in [0.717, 1.165) is 0 Å². The van der Waals surface area contributed by atoms with Crippen LogP contribution in [0.1, 0.15) is 22.3 Å². The van der Waals surface area contributed by atoms with Crippen molar-refractivity contribution in [1.82, 2.24) is 5.01 Å². The Labute approximate surface area is 169 Å². The fourth-order valence-corrected chi connectivity index (χ4v) is 3.00. The van der Waals surface area contributed by atoms with Gasteiger partial charge >= 0.3 is 6.18 Å². The molecule has 29 heavy (non-hydrogen) atoms. The summed E-state index contributed by atoms with van der Waals surface area (Å²) < 4.78 is 51.3. The molecule has 1 heterocycles. The van der Waals surface area contributed by atoms with Crippen LogP contribution in [0, 0.1) is 0 Å². The Bertz CT molecular complexity index is 963. The number of alkyl halides is 3. The van der Waals surface area contributed by atoms with Crippen molar-refractivity contribution in [3.05, 3.63) is 58.6 Å². The third kappa shape index (κ3) is 3.75. The van der Waals surface area contributed by atoms with E-state index in [2.05, 4.69) is 5.10 Å². The Hall–Kier alpha value is -2.78. The molecular formula is C19H16ClF3N2O4. The van der Waals surface area contributed by atoms with Crippen molar-refractivity contribution in [3.63, 3.8) is 0 Å². The smallest absolute Gasteiger partial charge is 0.438 e. The summed E-state index contributed by atoms with van der Waals surface area (Å²) in [5.41, 5.74) is -3.45. The summed E-state index contributed by atoms with van der Waals surface area (Å²) in [7, 11) is 2.70. The SMILES string of the molecule is COc1ccc(C(=O)N2N=C(c3ccc(Cl)cc3)C[C@@]2(O)C(F)(F)F)cc1OC. The molecule has 0 fully saturated rings. The third-order valence-electron chi connectivity index (χ3n) is 4.44. The second-order valence-corrected chi connectivity index (χ2v) is 6.67. The number of hydrogen-bond donors (Lipinski definition) is 1. The predicted molar refractivity (Wildman–Crippen MR) is 99.3 cm³/mol. The minimum Gasteiger partial charge on any atom is -0.493 e. The number of ether oxygens (including phenoxy) is 2. The normalized spacial score (nSPS) is 19.1. The number of benzene rings is 2. The Morgan fingerprint density at radius 1 is 1.14 bits per heavy atom. The quantitative estimate of drug-likeness (QED) is 0.802. The van der Waals surface area contributed by atoms with E-state index in [1.165, 1.54) is 56.7 Å². The van der Waals surface area contributed by atoms with E-state index in [-0.39, 0.29) is 22.0 Å². The maximum Gasteiger partial charge on any atom is 0.438 e. The molecule has 0 radical (unpaired) electrons. The summed E-state index contributed by atoms with van der Waals surface area (Å²) in [5, 5.41) is 14.7. The van der Waals surface area contributed by atoms with Crippen LogP contribution in [0.5, 0.6) is 11.5 Å². The number of carbonyl (C=O) groups excluding carboxylic acids is 1. The van der Waals surface area contributed by atoms with Gasteiger partial charge in [-0.25, -0.2) is 0 Å². The number of halogens is 4. The summed E-state index contributed by atoms with van der Waals surface area (Å²) in [5.74, 6) is -0.702. The van der Waals surface area contributed by atoms with Crippen LogP contribution in [0.4, 0.5) is 13.2 Å². The minimum atomic E-state index is -5.14. The van der Waals surface area contributed by atoms with E-state index in [4.69, 9.17) is 21.1 Å². The number of hydrazone groups is 1. The van der Waals surface area contributed by atoms with Gasteiger partial charge in [-0.1, -0.05) is 23.7 Å². The molecule has 1 aliphatic rings. The second kappa shape index (κ2) is 7.57. The number of amides is 1. The number of nitrogens with zero attached hydrogens (tertiary/aromatic N) is 2. The number of aliphatic hydroxyl groups is 1. The highest BCUT2D eigenvalue weighted by atomic mass is 35.5. The standard InChI is InChI=1S/C19H16ClF3N2O4/c1-28-15-8-5-12(9-16(15)29-2)17(26)25-18(27,19(21,22)23)10-14(24-25)11-3-6-13(20)7-4-11/h3-9,27H,10H2,1-2H3/t18-/m1/s1. The second-order valence-electron chi connectivity index (χ2n) is 6.23. The summed E-state index contributed by atoms with van der Waals surface area (Å²) in [6, 6.07) is 9.73. The van der Waals surface area contributed by atoms with Gasteiger partial charge in [0.25, 0.3) is 11.6 Å². The molecule has 2 aromatic carbocycles. The zero-order valence-electron chi connectivity index (χ0n) is 15.3. The molecule has 0 bridgehead atoms. The molecular weight excluding hydrogens is 413 g/mol. The first-order valence-corrected chi connectivity index (χ1v) is 8.67. The number of carbonyl (C=O) groups is 1. The van der Waals surface area contributed by atoms with E-state index in [9.17, 15) is 23.1 Å². The van der Waals surface area contributed by atoms with E-state index in [0.29, 0.717) is 16.3 Å². The molecule has 10 heteroatoms. The van der Waals surface area contributed by atoms with Gasteiger partial charge in [-0.15, -0.1) is 0 Å². The molecule has 0 saturated heterocycles. The third-order valence-corrected chi connectivity index (χ3v) is 4.69. The van der Waals surface area contributed by atoms with Crippen LogP contribution in [-0.4, -0.2) is 47.9 Å². The topological polar surface area (TPSA) is 71.4 Å². The molecule has 6 nitrogen and oxygen atoms in total. The van der Waals surface area contributed by atoms with Crippen LogP contribution in [-0.2, 0) is 0 Å². The lowest BCUT2D eigenvalue weighted by molar-refractivity contribution is -0.297. The fraction of sp³-hybridized carbons (Fsp3) is 0.263. The first kappa shape index (κ1) is 20.9. The number of methoxy groups -OCH3 is 2. The van der Waals surface area contributed by atoms with Crippen molar-refractivity contribution < 1.29 is 32.5 Å². The molecule has 0 saturated carbocycles. The molecule has 3 rings (SSSR count). The first-order valence-electron chi connectivity index (χ1n) is 8.30. The molecule has 0 spiro atoms. The molecule has 0 unspecified atom stereocenters. The summed E-state index contributed by atoms with van der Waals surface area (Å²) >= 11 is 5.80. The Morgan fingerprint density at radius 2 is 1.76 bits per heavy atom. The van der Waals surface area contributed by atoms with Gasteiger partial charge in [0.2, 0.25) is 0 Å². The molecule has 1 aliphatic heterocycles. The first-order chi connectivity index (χ1) is 13.6. The van der Waals surface area contributed by atoms with Gasteiger partial charge in [0.15, 0.2) is 11.5 Å². The summed E-state index contributed by atoms with van der Waals surface area (Å²) in [4.78, 5) is 12.8. The minimum absolute atomic E-state index is 0.0538. The van der Waals surface area contributed by atoms with Crippen LogP contribution >= 0.6 is 11.6 Å². The Balaban J connectivity index is 2.05. The lowest BCUT2D eigenvalue weighted by Crippen LogP contribution is -2.56. The lowest BCUT2D eigenvalue weighted by Gasteiger charge is -2.32. The van der Waals surface area contributed by atoms with Crippen molar-refractivity contribution in [3.8, 4) is 11.5 Å². The van der Waals surface area contributed by atoms with Gasteiger partial charge in [0.05, 0.1) is 26.4 Å². The van der Waals surface area contributed by atoms with E-state index in [1.54, 1.807) is 0 Å². The highest BCUT2D eigenvalue weighted by Crippen LogP contribution is 2.42. The van der Waals surface area contributed by atoms with Crippen molar-refractivity contribution >= 4 is 23.2 Å². The van der Waals surface area contributed by atoms with Gasteiger partial charge < -0.3 is 14.6 Å². The monoisotopic (exact) mass is 428 g/mol. The van der Waals surface area contributed by atoms with Crippen molar-refractivity contribution in [2.45, 2.75) is 18.3 Å². The van der Waals surface area contributed by atoms with Crippen LogP contribution in [0.25, 0.3) is 0 Å². The maximum absolute atomic E-state index is 13.7. The zero-order chi connectivity index (χ0) is 21.4. The highest BCUT2D eigenvalue weighted by molar-refractivity contribution is 6.30. The fourth-order valence-electron chi connectivity index (χ4n) is 2.87. The molecule has 1 N–H and O–H groups in total. The van der Waals surface area contributed by atoms with E-state index < -0.39 is 24.2 Å². The van der Waals surface area contributed by atoms with Crippen LogP contribution in [0.2, 0.25) is 5.02 Å². The summed E-state index contributed by atoms with van der Waals surface area (Å²) in [6.45, 7) is 0. The van der Waals surface area contributed by atoms with Gasteiger partial charge in [0, 0.05) is 10.6 Å². The highest BCUT2D eigenvalue weighted by Gasteiger charge is 2.63. The number of rotatable bonds is 4. The molecule has 2 aromatic rings. The van der Waals surface area contributed by atoms with Crippen LogP contribution < -0.4 is 9.47 Å². The Morgan fingerprint density at radius 3 is 2.31 bits per heavy atom. The van der Waals surface area contributed by atoms with Crippen molar-refractivity contribution in [2.75, 3.05) is 14.2 Å². The van der Waals surface area contributed by atoms with E-state index >= 15 is 0 Å². The zero-order valence-corrected chi connectivity index (χ0v) is 16.1.